The second-order valence-electron chi connectivity index (χ2n) is 9.38. The van der Waals surface area contributed by atoms with Gasteiger partial charge in [0.25, 0.3) is 0 Å². The molecule has 7 heteroatoms. The quantitative estimate of drug-likeness (QED) is 0.678. The van der Waals surface area contributed by atoms with E-state index in [0.717, 1.165) is 56.3 Å². The third-order valence-corrected chi connectivity index (χ3v) is 6.92. The number of nitrogens with zero attached hydrogens (tertiary/aromatic N) is 4. The molecule has 166 valence electrons. The highest BCUT2D eigenvalue weighted by Gasteiger charge is 2.25. The molecule has 2 aromatic heterocycles. The minimum absolute atomic E-state index is 0.482. The van der Waals surface area contributed by atoms with Gasteiger partial charge in [0.15, 0.2) is 10.8 Å². The van der Waals surface area contributed by atoms with Crippen molar-refractivity contribution in [3.05, 3.63) is 28.7 Å². The second-order valence-corrected chi connectivity index (χ2v) is 9.74. The number of fused-ring (bicyclic) bond motifs is 1. The standard InChI is InChI=1S/C23H36ClN5O/c1-17(2)6-11-28-10-3-4-19(16-28)21-5-9-26-23-20(22(24)27-29(21)23)15-25-14-18-7-12-30-13-8-18/h5,9,17-19,25H,3-4,6-8,10-16H2,1-2H3. The SMILES string of the molecule is CC(C)CCN1CCCC(c2ccnc3c(CNCC4CCOCC4)c(Cl)nn23)C1. The van der Waals surface area contributed by atoms with E-state index in [9.17, 15) is 0 Å². The summed E-state index contributed by atoms with van der Waals surface area (Å²) in [7, 11) is 0. The maximum Gasteiger partial charge on any atom is 0.161 e. The Hall–Kier alpha value is -1.21. The fraction of sp³-hybridized carbons (Fsp3) is 0.739. The molecule has 1 atom stereocenters. The van der Waals surface area contributed by atoms with Crippen LogP contribution in [0.3, 0.4) is 0 Å². The Morgan fingerprint density at radius 1 is 1.27 bits per heavy atom. The van der Waals surface area contributed by atoms with Gasteiger partial charge in [-0.25, -0.2) is 9.50 Å². The molecule has 2 saturated heterocycles. The number of nitrogens with one attached hydrogen (secondary N) is 1. The molecule has 0 aliphatic carbocycles. The normalized spacial score (nSPS) is 21.7. The first-order valence-electron chi connectivity index (χ1n) is 11.6. The Bertz CT molecular complexity index is 817. The van der Waals surface area contributed by atoms with Crippen molar-refractivity contribution in [2.75, 3.05) is 39.4 Å². The lowest BCUT2D eigenvalue weighted by Gasteiger charge is -2.33. The van der Waals surface area contributed by atoms with E-state index < -0.39 is 0 Å². The molecule has 0 bridgehead atoms. The average molecular weight is 434 g/mol. The summed E-state index contributed by atoms with van der Waals surface area (Å²) in [5, 5.41) is 8.85. The lowest BCUT2D eigenvalue weighted by atomic mass is 9.94. The van der Waals surface area contributed by atoms with Crippen molar-refractivity contribution in [3.8, 4) is 0 Å². The molecular weight excluding hydrogens is 398 g/mol. The highest BCUT2D eigenvalue weighted by molar-refractivity contribution is 6.30. The molecule has 2 aliphatic rings. The van der Waals surface area contributed by atoms with Gasteiger partial charge in [-0.3, -0.25) is 0 Å². The molecule has 2 aliphatic heterocycles. The molecule has 0 spiro atoms. The first-order valence-corrected chi connectivity index (χ1v) is 12.0. The third kappa shape index (κ3) is 5.34. The van der Waals surface area contributed by atoms with Gasteiger partial charge in [-0.1, -0.05) is 25.4 Å². The topological polar surface area (TPSA) is 54.7 Å². The number of hydrogen-bond acceptors (Lipinski definition) is 5. The minimum Gasteiger partial charge on any atom is -0.381 e. The fourth-order valence-corrected chi connectivity index (χ4v) is 4.96. The van der Waals surface area contributed by atoms with E-state index >= 15 is 0 Å². The van der Waals surface area contributed by atoms with Crippen LogP contribution in [0.25, 0.3) is 5.65 Å². The van der Waals surface area contributed by atoms with Crippen molar-refractivity contribution in [1.82, 2.24) is 24.8 Å². The molecule has 2 fully saturated rings. The van der Waals surface area contributed by atoms with Crippen molar-refractivity contribution in [1.29, 1.82) is 0 Å². The number of rotatable bonds is 8. The summed E-state index contributed by atoms with van der Waals surface area (Å²) in [6.07, 6.45) is 7.89. The minimum atomic E-state index is 0.482. The van der Waals surface area contributed by atoms with Crippen molar-refractivity contribution in [2.24, 2.45) is 11.8 Å². The van der Waals surface area contributed by atoms with E-state index in [1.165, 1.54) is 38.0 Å². The maximum absolute atomic E-state index is 6.57. The fourth-order valence-electron chi connectivity index (χ4n) is 4.74. The summed E-state index contributed by atoms with van der Waals surface area (Å²) >= 11 is 6.57. The Morgan fingerprint density at radius 2 is 2.10 bits per heavy atom. The Labute approximate surface area is 185 Å². The smallest absolute Gasteiger partial charge is 0.161 e. The third-order valence-electron chi connectivity index (χ3n) is 6.62. The second kappa shape index (κ2) is 10.4. The van der Waals surface area contributed by atoms with E-state index in [1.54, 1.807) is 0 Å². The van der Waals surface area contributed by atoms with E-state index in [4.69, 9.17) is 21.4 Å². The number of halogens is 1. The molecular formula is C23H36ClN5O. The summed E-state index contributed by atoms with van der Waals surface area (Å²) in [6.45, 7) is 11.6. The first-order chi connectivity index (χ1) is 14.6. The molecule has 2 aromatic rings. The number of likely N-dealkylation sites (tertiary alicyclic amines) is 1. The van der Waals surface area contributed by atoms with Crippen molar-refractivity contribution in [3.63, 3.8) is 0 Å². The summed E-state index contributed by atoms with van der Waals surface area (Å²) in [5.41, 5.74) is 3.15. The van der Waals surface area contributed by atoms with Gasteiger partial charge in [-0.15, -0.1) is 0 Å². The van der Waals surface area contributed by atoms with Crippen LogP contribution in [0.1, 0.15) is 63.1 Å². The Morgan fingerprint density at radius 3 is 2.90 bits per heavy atom. The van der Waals surface area contributed by atoms with Crippen molar-refractivity contribution < 1.29 is 4.74 Å². The van der Waals surface area contributed by atoms with E-state index in [-0.39, 0.29) is 0 Å². The molecule has 1 N–H and O–H groups in total. The predicted octanol–water partition coefficient (Wildman–Crippen LogP) is 4.12. The number of ether oxygens (including phenoxy) is 1. The lowest BCUT2D eigenvalue weighted by molar-refractivity contribution is 0.0662. The monoisotopic (exact) mass is 433 g/mol. The van der Waals surface area contributed by atoms with Crippen LogP contribution >= 0.6 is 11.6 Å². The van der Waals surface area contributed by atoms with Crippen LogP contribution in [-0.4, -0.2) is 58.9 Å². The Balaban J connectivity index is 1.45. The van der Waals surface area contributed by atoms with Crippen LogP contribution in [0.15, 0.2) is 12.3 Å². The van der Waals surface area contributed by atoms with E-state index in [1.807, 2.05) is 10.7 Å². The summed E-state index contributed by atoms with van der Waals surface area (Å²) in [5.74, 6) is 1.91. The summed E-state index contributed by atoms with van der Waals surface area (Å²) < 4.78 is 7.46. The van der Waals surface area contributed by atoms with E-state index in [2.05, 4.69) is 35.1 Å². The predicted molar refractivity (Wildman–Crippen MR) is 121 cm³/mol. The van der Waals surface area contributed by atoms with Crippen LogP contribution in [0.2, 0.25) is 5.15 Å². The summed E-state index contributed by atoms with van der Waals surface area (Å²) in [4.78, 5) is 7.26. The largest absolute Gasteiger partial charge is 0.381 e. The molecule has 0 saturated carbocycles. The zero-order chi connectivity index (χ0) is 20.9. The highest BCUT2D eigenvalue weighted by Crippen LogP contribution is 2.29. The molecule has 0 radical (unpaired) electrons. The molecule has 30 heavy (non-hydrogen) atoms. The van der Waals surface area contributed by atoms with Crippen LogP contribution in [-0.2, 0) is 11.3 Å². The molecule has 4 rings (SSSR count). The Kier molecular flexibility index (Phi) is 7.63. The number of aromatic nitrogens is 3. The van der Waals surface area contributed by atoms with Crippen molar-refractivity contribution in [2.45, 2.75) is 58.4 Å². The van der Waals surface area contributed by atoms with Crippen molar-refractivity contribution >= 4 is 17.2 Å². The summed E-state index contributed by atoms with van der Waals surface area (Å²) in [6, 6.07) is 2.13. The zero-order valence-corrected chi connectivity index (χ0v) is 19.2. The van der Waals surface area contributed by atoms with Crippen LogP contribution in [0, 0.1) is 11.8 Å². The van der Waals surface area contributed by atoms with Gasteiger partial charge in [-0.05, 0) is 69.6 Å². The maximum atomic E-state index is 6.57. The number of hydrogen-bond donors (Lipinski definition) is 1. The van der Waals surface area contributed by atoms with Gasteiger partial charge in [0.1, 0.15) is 0 Å². The molecule has 6 nitrogen and oxygen atoms in total. The first kappa shape index (κ1) is 22.0. The lowest BCUT2D eigenvalue weighted by Crippen LogP contribution is -2.36. The van der Waals surface area contributed by atoms with Crippen LogP contribution in [0.5, 0.6) is 0 Å². The zero-order valence-electron chi connectivity index (χ0n) is 18.4. The van der Waals surface area contributed by atoms with Gasteiger partial charge < -0.3 is 15.0 Å². The van der Waals surface area contributed by atoms with Crippen LogP contribution < -0.4 is 5.32 Å². The van der Waals surface area contributed by atoms with Gasteiger partial charge in [0, 0.05) is 44.0 Å². The van der Waals surface area contributed by atoms with Gasteiger partial charge in [-0.2, -0.15) is 5.10 Å². The van der Waals surface area contributed by atoms with Gasteiger partial charge >= 0.3 is 0 Å². The molecule has 1 unspecified atom stereocenters. The molecule has 0 amide bonds. The molecule has 4 heterocycles. The highest BCUT2D eigenvalue weighted by atomic mass is 35.5. The van der Waals surface area contributed by atoms with E-state index in [0.29, 0.717) is 23.5 Å². The van der Waals surface area contributed by atoms with Crippen LogP contribution in [0.4, 0.5) is 0 Å². The average Bonchev–Trinajstić information content (AvgIpc) is 3.08. The molecule has 0 aromatic carbocycles. The van der Waals surface area contributed by atoms with Gasteiger partial charge in [0.2, 0.25) is 0 Å². The number of piperidine rings is 1. The van der Waals surface area contributed by atoms with Gasteiger partial charge in [0.05, 0.1) is 5.69 Å².